The number of nitrogens with two attached hydrogens (primary N) is 1. The Morgan fingerprint density at radius 2 is 1.91 bits per heavy atom. The summed E-state index contributed by atoms with van der Waals surface area (Å²) in [5.41, 5.74) is 7.00. The summed E-state index contributed by atoms with van der Waals surface area (Å²) in [4.78, 5) is 29.0. The zero-order valence-electron chi connectivity index (χ0n) is 12.4. The van der Waals surface area contributed by atoms with Crippen LogP contribution in [0.25, 0.3) is 0 Å². The molecule has 6 heteroatoms. The maximum Gasteiger partial charge on any atom is 0.326 e. The number of nitrogens with one attached hydrogen (secondary N) is 1. The topological polar surface area (TPSA) is 84.1 Å². The van der Waals surface area contributed by atoms with Gasteiger partial charge in [-0.2, -0.15) is 0 Å². The minimum Gasteiger partial charge on any atom is -0.337 e. The third-order valence-corrected chi connectivity index (χ3v) is 4.10. The molecule has 3 N–H and O–H groups in total. The van der Waals surface area contributed by atoms with E-state index in [0.29, 0.717) is 25.3 Å². The molecule has 1 aliphatic heterocycles. The number of carbonyl (C=O) groups excluding carboxylic acids is 1. The highest BCUT2D eigenvalue weighted by molar-refractivity contribution is 5.92. The average molecular weight is 300 g/mol. The SMILES string of the molecule is NC1CCN(C(=O)c2c[nH]c(=O)n2Cc2ccccc2)CC1. The first-order valence-corrected chi connectivity index (χ1v) is 7.52. The molecule has 2 heterocycles. The van der Waals surface area contributed by atoms with E-state index in [1.165, 1.54) is 10.8 Å². The fourth-order valence-electron chi connectivity index (χ4n) is 2.76. The number of benzene rings is 1. The molecule has 1 aliphatic rings. The summed E-state index contributed by atoms with van der Waals surface area (Å²) in [5, 5.41) is 0. The summed E-state index contributed by atoms with van der Waals surface area (Å²) in [6, 6.07) is 9.80. The third-order valence-electron chi connectivity index (χ3n) is 4.10. The molecule has 22 heavy (non-hydrogen) atoms. The van der Waals surface area contributed by atoms with E-state index >= 15 is 0 Å². The number of aromatic amines is 1. The lowest BCUT2D eigenvalue weighted by atomic mass is 10.1. The quantitative estimate of drug-likeness (QED) is 0.879. The van der Waals surface area contributed by atoms with Crippen LogP contribution in [0.2, 0.25) is 0 Å². The van der Waals surface area contributed by atoms with E-state index in [-0.39, 0.29) is 17.6 Å². The van der Waals surface area contributed by atoms with Crippen molar-refractivity contribution in [2.24, 2.45) is 5.73 Å². The van der Waals surface area contributed by atoms with E-state index in [2.05, 4.69) is 4.98 Å². The number of likely N-dealkylation sites (tertiary alicyclic amines) is 1. The number of aromatic nitrogens is 2. The normalized spacial score (nSPS) is 16.0. The van der Waals surface area contributed by atoms with Gasteiger partial charge in [-0.3, -0.25) is 9.36 Å². The number of imidazole rings is 1. The molecule has 6 nitrogen and oxygen atoms in total. The van der Waals surface area contributed by atoms with Gasteiger partial charge in [0.25, 0.3) is 5.91 Å². The number of carbonyl (C=O) groups is 1. The van der Waals surface area contributed by atoms with Gasteiger partial charge in [-0.05, 0) is 18.4 Å². The van der Waals surface area contributed by atoms with Crippen molar-refractivity contribution >= 4 is 5.91 Å². The van der Waals surface area contributed by atoms with Gasteiger partial charge in [0.2, 0.25) is 0 Å². The number of hydrogen-bond acceptors (Lipinski definition) is 3. The van der Waals surface area contributed by atoms with Gasteiger partial charge in [-0.15, -0.1) is 0 Å². The van der Waals surface area contributed by atoms with E-state index in [1.54, 1.807) is 4.90 Å². The molecule has 0 radical (unpaired) electrons. The van der Waals surface area contributed by atoms with Gasteiger partial charge >= 0.3 is 5.69 Å². The maximum atomic E-state index is 12.6. The summed E-state index contributed by atoms with van der Waals surface area (Å²) in [6.07, 6.45) is 3.11. The van der Waals surface area contributed by atoms with Crippen molar-refractivity contribution in [3.8, 4) is 0 Å². The lowest BCUT2D eigenvalue weighted by Crippen LogP contribution is -2.43. The number of amides is 1. The Kier molecular flexibility index (Phi) is 4.11. The van der Waals surface area contributed by atoms with Crippen LogP contribution in [0, 0.1) is 0 Å². The molecule has 0 unspecified atom stereocenters. The van der Waals surface area contributed by atoms with Gasteiger partial charge in [0, 0.05) is 25.3 Å². The molecule has 0 atom stereocenters. The highest BCUT2D eigenvalue weighted by Crippen LogP contribution is 2.13. The molecule has 0 aliphatic carbocycles. The van der Waals surface area contributed by atoms with E-state index in [0.717, 1.165) is 18.4 Å². The summed E-state index contributed by atoms with van der Waals surface area (Å²) in [6.45, 7) is 1.67. The van der Waals surface area contributed by atoms with Crippen LogP contribution in [0.5, 0.6) is 0 Å². The van der Waals surface area contributed by atoms with Gasteiger partial charge < -0.3 is 15.6 Å². The van der Waals surface area contributed by atoms with Crippen molar-refractivity contribution in [3.63, 3.8) is 0 Å². The number of rotatable bonds is 3. The molecule has 1 fully saturated rings. The summed E-state index contributed by atoms with van der Waals surface area (Å²) in [7, 11) is 0. The molecular weight excluding hydrogens is 280 g/mol. The van der Waals surface area contributed by atoms with Crippen LogP contribution in [-0.2, 0) is 6.54 Å². The van der Waals surface area contributed by atoms with Crippen LogP contribution < -0.4 is 11.4 Å². The predicted molar refractivity (Wildman–Crippen MR) is 83.7 cm³/mol. The van der Waals surface area contributed by atoms with Crippen LogP contribution >= 0.6 is 0 Å². The molecule has 1 saturated heterocycles. The van der Waals surface area contributed by atoms with Crippen LogP contribution in [-0.4, -0.2) is 39.5 Å². The second kappa shape index (κ2) is 6.19. The lowest BCUT2D eigenvalue weighted by Gasteiger charge is -2.30. The molecule has 1 aromatic heterocycles. The largest absolute Gasteiger partial charge is 0.337 e. The Bertz CT molecular complexity index is 696. The maximum absolute atomic E-state index is 12.6. The number of piperidine rings is 1. The number of hydrogen-bond donors (Lipinski definition) is 2. The number of H-pyrrole nitrogens is 1. The summed E-state index contributed by atoms with van der Waals surface area (Å²) < 4.78 is 1.49. The molecule has 1 aromatic carbocycles. The molecular formula is C16H20N4O2. The van der Waals surface area contributed by atoms with Gasteiger partial charge in [0.05, 0.1) is 6.54 Å². The van der Waals surface area contributed by atoms with Crippen molar-refractivity contribution in [1.82, 2.24) is 14.5 Å². The minimum atomic E-state index is -0.263. The summed E-state index contributed by atoms with van der Waals surface area (Å²) >= 11 is 0. The smallest absolute Gasteiger partial charge is 0.326 e. The molecule has 2 aromatic rings. The molecule has 0 spiro atoms. The predicted octanol–water partition coefficient (Wildman–Crippen LogP) is 0.788. The third kappa shape index (κ3) is 2.96. The fraction of sp³-hybridized carbons (Fsp3) is 0.375. The van der Waals surface area contributed by atoms with Crippen LogP contribution in [0.1, 0.15) is 28.9 Å². The van der Waals surface area contributed by atoms with Crippen molar-refractivity contribution in [3.05, 3.63) is 58.3 Å². The Morgan fingerprint density at radius 1 is 1.23 bits per heavy atom. The van der Waals surface area contributed by atoms with Crippen molar-refractivity contribution in [2.75, 3.05) is 13.1 Å². The molecule has 1 amide bonds. The second-order valence-corrected chi connectivity index (χ2v) is 5.68. The van der Waals surface area contributed by atoms with Crippen LogP contribution in [0.15, 0.2) is 41.3 Å². The van der Waals surface area contributed by atoms with Gasteiger partial charge in [0.15, 0.2) is 0 Å². The van der Waals surface area contributed by atoms with Crippen molar-refractivity contribution < 1.29 is 4.79 Å². The standard InChI is InChI=1S/C16H20N4O2/c17-13-6-8-19(9-7-13)15(21)14-10-18-16(22)20(14)11-12-4-2-1-3-5-12/h1-5,10,13H,6-9,11,17H2,(H,18,22). The second-order valence-electron chi connectivity index (χ2n) is 5.68. The van der Waals surface area contributed by atoms with Crippen LogP contribution in [0.4, 0.5) is 0 Å². The molecule has 116 valence electrons. The lowest BCUT2D eigenvalue weighted by molar-refractivity contribution is 0.0704. The van der Waals surface area contributed by atoms with E-state index in [1.807, 2.05) is 30.3 Å². The van der Waals surface area contributed by atoms with Crippen LogP contribution in [0.3, 0.4) is 0 Å². The first-order valence-electron chi connectivity index (χ1n) is 7.52. The monoisotopic (exact) mass is 300 g/mol. The Morgan fingerprint density at radius 3 is 2.59 bits per heavy atom. The minimum absolute atomic E-state index is 0.110. The Hall–Kier alpha value is -2.34. The summed E-state index contributed by atoms with van der Waals surface area (Å²) in [5.74, 6) is -0.110. The number of nitrogens with zero attached hydrogens (tertiary/aromatic N) is 2. The van der Waals surface area contributed by atoms with E-state index < -0.39 is 0 Å². The van der Waals surface area contributed by atoms with Gasteiger partial charge in [-0.1, -0.05) is 30.3 Å². The van der Waals surface area contributed by atoms with E-state index in [9.17, 15) is 9.59 Å². The Labute approximate surface area is 128 Å². The van der Waals surface area contributed by atoms with E-state index in [4.69, 9.17) is 5.73 Å². The first kappa shape index (κ1) is 14.6. The highest BCUT2D eigenvalue weighted by atomic mass is 16.2. The van der Waals surface area contributed by atoms with Crippen molar-refractivity contribution in [2.45, 2.75) is 25.4 Å². The zero-order valence-corrected chi connectivity index (χ0v) is 12.4. The molecule has 3 rings (SSSR count). The van der Waals surface area contributed by atoms with Gasteiger partial charge in [-0.25, -0.2) is 4.79 Å². The average Bonchev–Trinajstić information content (AvgIpc) is 2.89. The Balaban J connectivity index is 1.82. The first-order chi connectivity index (χ1) is 10.6. The molecule has 0 saturated carbocycles. The van der Waals surface area contributed by atoms with Gasteiger partial charge in [0.1, 0.15) is 5.69 Å². The fourth-order valence-corrected chi connectivity index (χ4v) is 2.76. The van der Waals surface area contributed by atoms with Crippen molar-refractivity contribution in [1.29, 1.82) is 0 Å². The zero-order chi connectivity index (χ0) is 15.5. The molecule has 0 bridgehead atoms. The highest BCUT2D eigenvalue weighted by Gasteiger charge is 2.24.